The second-order valence-corrected chi connectivity index (χ2v) is 19.4. The quantitative estimate of drug-likeness (QED) is 0.0663. The Labute approximate surface area is 399 Å². The zero-order chi connectivity index (χ0) is 46.6. The smallest absolute Gasteiger partial charge is 0.264 e. The van der Waals surface area contributed by atoms with E-state index in [9.17, 15) is 14.4 Å². The van der Waals surface area contributed by atoms with Crippen molar-refractivity contribution in [2.75, 3.05) is 52.9 Å². The van der Waals surface area contributed by atoms with Gasteiger partial charge in [0, 0.05) is 57.3 Å². The highest BCUT2D eigenvalue weighted by molar-refractivity contribution is 6.23. The highest BCUT2D eigenvalue weighted by Crippen LogP contribution is 2.57. The highest BCUT2D eigenvalue weighted by Gasteiger charge is 2.49. The third-order valence-corrected chi connectivity index (χ3v) is 15.0. The van der Waals surface area contributed by atoms with Crippen molar-refractivity contribution in [3.63, 3.8) is 0 Å². The van der Waals surface area contributed by atoms with E-state index in [1.807, 2.05) is 30.4 Å². The van der Waals surface area contributed by atoms with Crippen molar-refractivity contribution < 1.29 is 33.3 Å². The van der Waals surface area contributed by atoms with Crippen molar-refractivity contribution in [1.82, 2.24) is 14.3 Å². The van der Waals surface area contributed by atoms with Crippen LogP contribution in [0.2, 0.25) is 0 Å². The lowest BCUT2D eigenvalue weighted by Gasteiger charge is -2.45. The number of nitrogens with zero attached hydrogens (tertiary/aromatic N) is 3. The summed E-state index contributed by atoms with van der Waals surface area (Å²) in [6, 6.07) is 11.8. The van der Waals surface area contributed by atoms with Gasteiger partial charge in [-0.2, -0.15) is 0 Å². The summed E-state index contributed by atoms with van der Waals surface area (Å²) in [6.45, 7) is 7.72. The molecule has 5 aliphatic rings. The summed E-state index contributed by atoms with van der Waals surface area (Å²) < 4.78 is 31.1. The molecule has 2 atom stereocenters. The molecule has 0 saturated heterocycles. The lowest BCUT2D eigenvalue weighted by molar-refractivity contribution is -0.143. The molecule has 3 aliphatic carbocycles. The summed E-state index contributed by atoms with van der Waals surface area (Å²) in [6.07, 6.45) is 26.8. The van der Waals surface area contributed by atoms with E-state index in [2.05, 4.69) is 44.2 Å². The van der Waals surface area contributed by atoms with Crippen LogP contribution < -0.4 is 15.0 Å². The normalized spacial score (nSPS) is 19.8. The highest BCUT2D eigenvalue weighted by atomic mass is 16.6. The molecule has 2 amide bonds. The monoisotopic (exact) mass is 921 g/mol. The Morgan fingerprint density at radius 2 is 1.25 bits per heavy atom. The van der Waals surface area contributed by atoms with Gasteiger partial charge in [0.2, 0.25) is 0 Å². The fourth-order valence-electron chi connectivity index (χ4n) is 11.6. The molecule has 0 saturated carbocycles. The number of unbranched alkanes of at least 4 members (excludes halogenated alkanes) is 12. The Kier molecular flexibility index (Phi) is 14.4. The molecular weight excluding hydrogens is 855 g/mol. The standard InChI is InChI=1S/C57H67N3O8/c1-3-5-7-9-11-13-15-17-37(18-16-14-12-10-8-6-4-2)59-55(61)44-25-21-40-38-19-23-42-52-43(24-20-39(50(38)52)41-22-26-45(56(59)62)53(44)51(40)41)57(63)60-47-36-49-48(35-46(47)58-54(42)60)67-33-31-65-29-27-64-28-30-66-32-34-68-49/h19-26,35-37,41,51H,3-18,27-34H2,1-2H3. The number of aromatic nitrogens is 2. The molecule has 4 heterocycles. The third kappa shape index (κ3) is 8.79. The van der Waals surface area contributed by atoms with Gasteiger partial charge in [-0.25, -0.2) is 4.98 Å². The Morgan fingerprint density at radius 3 is 1.91 bits per heavy atom. The molecule has 2 aliphatic heterocycles. The fourth-order valence-corrected chi connectivity index (χ4v) is 11.6. The fraction of sp³-hybridized carbons (Fsp3) is 0.509. The molecule has 0 radical (unpaired) electrons. The van der Waals surface area contributed by atoms with Crippen LogP contribution in [0.4, 0.5) is 0 Å². The van der Waals surface area contributed by atoms with Crippen LogP contribution in [0.25, 0.3) is 43.8 Å². The number of imide groups is 1. The maximum absolute atomic E-state index is 14.9. The first-order valence-corrected chi connectivity index (χ1v) is 25.9. The minimum absolute atomic E-state index is 0.112. The van der Waals surface area contributed by atoms with Gasteiger partial charge in [-0.1, -0.05) is 134 Å². The van der Waals surface area contributed by atoms with Crippen LogP contribution >= 0.6 is 0 Å². The zero-order valence-corrected chi connectivity index (χ0v) is 40.1. The van der Waals surface area contributed by atoms with E-state index < -0.39 is 0 Å². The van der Waals surface area contributed by atoms with E-state index >= 15 is 0 Å². The minimum Gasteiger partial charge on any atom is -0.487 e. The molecule has 2 aromatic heterocycles. The zero-order valence-electron chi connectivity index (χ0n) is 40.1. The van der Waals surface area contributed by atoms with Crippen LogP contribution in [-0.2, 0) is 23.8 Å². The van der Waals surface area contributed by atoms with Crippen LogP contribution in [0.3, 0.4) is 0 Å². The van der Waals surface area contributed by atoms with Crippen molar-refractivity contribution in [3.05, 3.63) is 98.9 Å². The summed E-state index contributed by atoms with van der Waals surface area (Å²) in [7, 11) is 0. The molecule has 0 bridgehead atoms. The SMILES string of the molecule is CCCCCCCCCC(CCCCCCCCC)N1C(=O)C2=CC=C3c4ccc5c6c4c(ccc6c(=O)n4c6cc7c(cc6nc54)OCCOCCOCCOCCO7)C4C=CC(=C2C34)C1=O. The number of hydrogen-bond donors (Lipinski definition) is 0. The lowest BCUT2D eigenvalue weighted by Crippen LogP contribution is -2.51. The first-order valence-electron chi connectivity index (χ1n) is 25.9. The largest absolute Gasteiger partial charge is 0.487 e. The maximum atomic E-state index is 14.9. The Bertz CT molecular complexity index is 2850. The van der Waals surface area contributed by atoms with Crippen molar-refractivity contribution in [2.45, 2.75) is 129 Å². The number of rotatable bonds is 17. The first-order chi connectivity index (χ1) is 33.5. The number of ether oxygens (including phenoxy) is 5. The molecule has 10 rings (SSSR count). The Hall–Kier alpha value is -5.36. The molecule has 0 fully saturated rings. The number of imidazole rings is 1. The van der Waals surface area contributed by atoms with Gasteiger partial charge in [-0.15, -0.1) is 0 Å². The number of pyridine rings is 1. The number of fused-ring (bicyclic) bond motifs is 7. The van der Waals surface area contributed by atoms with E-state index in [1.54, 1.807) is 9.30 Å². The summed E-state index contributed by atoms with van der Waals surface area (Å²) in [5, 5.41) is 3.38. The minimum atomic E-state index is -0.186. The van der Waals surface area contributed by atoms with Crippen molar-refractivity contribution in [2.24, 2.45) is 5.92 Å². The van der Waals surface area contributed by atoms with Gasteiger partial charge in [0.1, 0.15) is 18.9 Å². The molecule has 3 aromatic carbocycles. The summed E-state index contributed by atoms with van der Waals surface area (Å²) in [4.78, 5) is 51.3. The van der Waals surface area contributed by atoms with Gasteiger partial charge in [-0.3, -0.25) is 23.7 Å². The summed E-state index contributed by atoms with van der Waals surface area (Å²) >= 11 is 0. The number of benzene rings is 3. The average Bonchev–Trinajstić information content (AvgIpc) is 3.73. The van der Waals surface area contributed by atoms with Gasteiger partial charge in [0.05, 0.1) is 50.7 Å². The maximum Gasteiger partial charge on any atom is 0.264 e. The first kappa shape index (κ1) is 46.4. The number of allylic oxidation sites excluding steroid dienone is 4. The van der Waals surface area contributed by atoms with E-state index in [-0.39, 0.29) is 35.3 Å². The van der Waals surface area contributed by atoms with Crippen molar-refractivity contribution in [3.8, 4) is 11.5 Å². The van der Waals surface area contributed by atoms with Gasteiger partial charge in [-0.05, 0) is 58.7 Å². The van der Waals surface area contributed by atoms with Crippen LogP contribution in [0, 0.1) is 5.92 Å². The number of hydrogen-bond acceptors (Lipinski definition) is 9. The van der Waals surface area contributed by atoms with Crippen molar-refractivity contribution >= 4 is 55.6 Å². The van der Waals surface area contributed by atoms with E-state index in [1.165, 1.54) is 64.2 Å². The lowest BCUT2D eigenvalue weighted by atomic mass is 9.61. The van der Waals surface area contributed by atoms with Crippen LogP contribution in [0.15, 0.2) is 82.2 Å². The van der Waals surface area contributed by atoms with Gasteiger partial charge in [0.25, 0.3) is 17.4 Å². The van der Waals surface area contributed by atoms with E-state index in [0.29, 0.717) is 97.6 Å². The molecule has 11 nitrogen and oxygen atoms in total. The average molecular weight is 922 g/mol. The number of carbonyl (C=O) groups excluding carboxylic acids is 2. The molecular formula is C57H67N3O8. The Morgan fingerprint density at radius 1 is 0.647 bits per heavy atom. The van der Waals surface area contributed by atoms with Gasteiger partial charge >= 0.3 is 0 Å². The van der Waals surface area contributed by atoms with Gasteiger partial charge < -0.3 is 23.7 Å². The molecule has 5 aromatic rings. The molecule has 11 heteroatoms. The molecule has 0 N–H and O–H groups in total. The molecule has 358 valence electrons. The second kappa shape index (κ2) is 21.1. The predicted molar refractivity (Wildman–Crippen MR) is 268 cm³/mol. The van der Waals surface area contributed by atoms with Crippen LogP contribution in [0.5, 0.6) is 11.5 Å². The summed E-state index contributed by atoms with van der Waals surface area (Å²) in [5.74, 6) is 0.425. The van der Waals surface area contributed by atoms with Crippen LogP contribution in [-0.4, -0.2) is 85.0 Å². The second-order valence-electron chi connectivity index (χ2n) is 19.4. The third-order valence-electron chi connectivity index (χ3n) is 15.0. The predicted octanol–water partition coefficient (Wildman–Crippen LogP) is 11.3. The van der Waals surface area contributed by atoms with E-state index in [4.69, 9.17) is 28.7 Å². The molecule has 2 unspecified atom stereocenters. The van der Waals surface area contributed by atoms with E-state index in [0.717, 1.165) is 77.0 Å². The molecule has 68 heavy (non-hydrogen) atoms. The number of carbonyl (C=O) groups is 2. The topological polar surface area (TPSA) is 118 Å². The van der Waals surface area contributed by atoms with Crippen molar-refractivity contribution in [1.29, 1.82) is 0 Å². The Balaban J connectivity index is 0.985. The number of amides is 2. The molecule has 0 spiro atoms. The van der Waals surface area contributed by atoms with Crippen LogP contribution in [0.1, 0.15) is 134 Å². The summed E-state index contributed by atoms with van der Waals surface area (Å²) in [5.41, 5.74) is 7.00. The van der Waals surface area contributed by atoms with Gasteiger partial charge in [0.15, 0.2) is 11.5 Å².